The molecule has 1 fully saturated rings. The molecule has 1 saturated heterocycles. The van der Waals surface area contributed by atoms with Crippen LogP contribution < -0.4 is 10.9 Å². The summed E-state index contributed by atoms with van der Waals surface area (Å²) in [5, 5.41) is 2.40. The lowest BCUT2D eigenvalue weighted by Crippen LogP contribution is -2.23. The van der Waals surface area contributed by atoms with Crippen molar-refractivity contribution >= 4 is 28.1 Å². The van der Waals surface area contributed by atoms with E-state index in [1.54, 1.807) is 6.20 Å². The summed E-state index contributed by atoms with van der Waals surface area (Å²) in [5.74, 6) is 5.74. The molecule has 5 nitrogen and oxygen atoms in total. The molecule has 0 saturated carbocycles. The first-order valence-corrected chi connectivity index (χ1v) is 5.98. The Morgan fingerprint density at radius 3 is 2.88 bits per heavy atom. The maximum atomic E-state index is 6.00. The van der Waals surface area contributed by atoms with Gasteiger partial charge in [-0.1, -0.05) is 29.0 Å². The minimum atomic E-state index is -0.405. The summed E-state index contributed by atoms with van der Waals surface area (Å²) >= 11 is 7.36. The van der Waals surface area contributed by atoms with Crippen LogP contribution in [0.3, 0.4) is 0 Å². The number of hydrogen-bond donors (Lipinski definition) is 1. The molecule has 88 valence electrons. The smallest absolute Gasteiger partial charge is 0.205 e. The third-order valence-corrected chi connectivity index (χ3v) is 3.46. The van der Waals surface area contributed by atoms with Crippen molar-refractivity contribution in [2.24, 2.45) is 5.84 Å². The minimum absolute atomic E-state index is 0.381. The second kappa shape index (κ2) is 5.11. The van der Waals surface area contributed by atoms with Crippen molar-refractivity contribution in [3.05, 3.63) is 22.3 Å². The van der Waals surface area contributed by atoms with E-state index in [1.807, 2.05) is 13.0 Å². The van der Waals surface area contributed by atoms with Gasteiger partial charge in [0.25, 0.3) is 0 Å². The van der Waals surface area contributed by atoms with E-state index in [-0.39, 0.29) is 0 Å². The second-order valence-corrected chi connectivity index (χ2v) is 4.48. The molecule has 1 aromatic heterocycles. The molecular weight excluding hydrogens is 250 g/mol. The SMILES string of the molecule is C/C=C\N(N)c1nc(Cl)c(C2OCCO2)s1. The molecule has 0 aliphatic carbocycles. The molecule has 0 radical (unpaired) electrons. The molecule has 0 spiro atoms. The van der Waals surface area contributed by atoms with Gasteiger partial charge in [0.2, 0.25) is 5.13 Å². The van der Waals surface area contributed by atoms with Gasteiger partial charge < -0.3 is 9.47 Å². The summed E-state index contributed by atoms with van der Waals surface area (Å²) in [7, 11) is 0. The zero-order chi connectivity index (χ0) is 11.5. The fourth-order valence-corrected chi connectivity index (χ4v) is 2.49. The van der Waals surface area contributed by atoms with Gasteiger partial charge in [0, 0.05) is 6.20 Å². The van der Waals surface area contributed by atoms with Crippen molar-refractivity contribution in [3.63, 3.8) is 0 Å². The number of hydrogen-bond acceptors (Lipinski definition) is 6. The molecule has 2 rings (SSSR count). The van der Waals surface area contributed by atoms with Crippen molar-refractivity contribution in [2.45, 2.75) is 13.2 Å². The lowest BCUT2D eigenvalue weighted by molar-refractivity contribution is -0.0413. The number of allylic oxidation sites excluding steroid dienone is 1. The highest BCUT2D eigenvalue weighted by molar-refractivity contribution is 7.16. The largest absolute Gasteiger partial charge is 0.345 e. The van der Waals surface area contributed by atoms with E-state index < -0.39 is 6.29 Å². The van der Waals surface area contributed by atoms with Crippen molar-refractivity contribution in [1.82, 2.24) is 4.98 Å². The van der Waals surface area contributed by atoms with Gasteiger partial charge in [0.05, 0.1) is 13.2 Å². The number of hydrazine groups is 1. The van der Waals surface area contributed by atoms with E-state index in [9.17, 15) is 0 Å². The van der Waals surface area contributed by atoms with Crippen molar-refractivity contribution in [1.29, 1.82) is 0 Å². The molecule has 0 bridgehead atoms. The van der Waals surface area contributed by atoms with Gasteiger partial charge >= 0.3 is 0 Å². The van der Waals surface area contributed by atoms with Crippen LogP contribution in [0.15, 0.2) is 12.3 Å². The quantitative estimate of drug-likeness (QED) is 0.667. The van der Waals surface area contributed by atoms with Crippen molar-refractivity contribution < 1.29 is 9.47 Å². The first-order valence-electron chi connectivity index (χ1n) is 4.78. The van der Waals surface area contributed by atoms with Crippen LogP contribution in [-0.4, -0.2) is 18.2 Å². The molecule has 0 unspecified atom stereocenters. The van der Waals surface area contributed by atoms with E-state index in [1.165, 1.54) is 16.3 Å². The lowest BCUT2D eigenvalue weighted by Gasteiger charge is -2.08. The Morgan fingerprint density at radius 1 is 1.56 bits per heavy atom. The minimum Gasteiger partial charge on any atom is -0.345 e. The molecule has 0 atom stereocenters. The molecule has 2 heterocycles. The maximum absolute atomic E-state index is 6.00. The van der Waals surface area contributed by atoms with Gasteiger partial charge in [-0.05, 0) is 6.92 Å². The summed E-state index contributed by atoms with van der Waals surface area (Å²) in [6.07, 6.45) is 3.12. The van der Waals surface area contributed by atoms with Crippen LogP contribution in [0.5, 0.6) is 0 Å². The molecular formula is C9H12ClN3O2S. The Balaban J connectivity index is 2.20. The second-order valence-electron chi connectivity index (χ2n) is 3.11. The predicted molar refractivity (Wildman–Crippen MR) is 63.2 cm³/mol. The average molecular weight is 262 g/mol. The van der Waals surface area contributed by atoms with E-state index >= 15 is 0 Å². The summed E-state index contributed by atoms with van der Waals surface area (Å²) in [4.78, 5) is 4.91. The third-order valence-electron chi connectivity index (χ3n) is 1.96. The van der Waals surface area contributed by atoms with Crippen LogP contribution in [-0.2, 0) is 9.47 Å². The van der Waals surface area contributed by atoms with Crippen LogP contribution in [0.2, 0.25) is 5.15 Å². The monoisotopic (exact) mass is 261 g/mol. The summed E-state index contributed by atoms with van der Waals surface area (Å²) in [6, 6.07) is 0. The molecule has 2 N–H and O–H groups in total. The zero-order valence-electron chi connectivity index (χ0n) is 8.72. The number of nitrogens with two attached hydrogens (primary N) is 1. The Hall–Kier alpha value is -0.660. The Labute approximate surface area is 102 Å². The normalized spacial score (nSPS) is 17.4. The lowest BCUT2D eigenvalue weighted by atomic mass is 10.5. The molecule has 1 aliphatic rings. The fourth-order valence-electron chi connectivity index (χ4n) is 1.29. The van der Waals surface area contributed by atoms with E-state index in [4.69, 9.17) is 26.9 Å². The molecule has 0 aromatic carbocycles. The predicted octanol–water partition coefficient (Wildman–Crippen LogP) is 2.06. The highest BCUT2D eigenvalue weighted by atomic mass is 35.5. The Kier molecular flexibility index (Phi) is 3.78. The number of ether oxygens (including phenoxy) is 2. The van der Waals surface area contributed by atoms with Crippen LogP contribution in [0.25, 0.3) is 0 Å². The zero-order valence-corrected chi connectivity index (χ0v) is 10.3. The van der Waals surface area contributed by atoms with Crippen molar-refractivity contribution in [2.75, 3.05) is 18.2 Å². The van der Waals surface area contributed by atoms with E-state index in [0.29, 0.717) is 23.5 Å². The van der Waals surface area contributed by atoms with Gasteiger partial charge in [0.15, 0.2) is 11.4 Å². The fraction of sp³-hybridized carbons (Fsp3) is 0.444. The molecule has 0 amide bonds. The van der Waals surface area contributed by atoms with Crippen LogP contribution in [0.1, 0.15) is 18.1 Å². The Bertz CT molecular complexity index is 390. The summed E-state index contributed by atoms with van der Waals surface area (Å²) in [6.45, 7) is 3.03. The Morgan fingerprint density at radius 2 is 2.25 bits per heavy atom. The number of thiazole rings is 1. The number of halogens is 1. The number of anilines is 1. The van der Waals surface area contributed by atoms with E-state index in [2.05, 4.69) is 4.98 Å². The molecule has 7 heteroatoms. The highest BCUT2D eigenvalue weighted by Gasteiger charge is 2.25. The maximum Gasteiger partial charge on any atom is 0.205 e. The van der Waals surface area contributed by atoms with Gasteiger partial charge in [-0.15, -0.1) is 0 Å². The standard InChI is InChI=1S/C9H12ClN3O2S/c1-2-3-13(11)9-12-7(10)6(16-9)8-14-4-5-15-8/h2-3,8H,4-5,11H2,1H3/b3-2-. The van der Waals surface area contributed by atoms with Gasteiger partial charge in [-0.2, -0.15) is 0 Å². The van der Waals surface area contributed by atoms with Crippen LogP contribution in [0.4, 0.5) is 5.13 Å². The van der Waals surface area contributed by atoms with Gasteiger partial charge in [-0.25, -0.2) is 10.8 Å². The molecule has 1 aromatic rings. The first kappa shape index (κ1) is 11.8. The number of rotatable bonds is 3. The number of aromatic nitrogens is 1. The third kappa shape index (κ3) is 2.36. The molecule has 16 heavy (non-hydrogen) atoms. The molecule has 1 aliphatic heterocycles. The van der Waals surface area contributed by atoms with Gasteiger partial charge in [-0.3, -0.25) is 5.01 Å². The van der Waals surface area contributed by atoms with Gasteiger partial charge in [0.1, 0.15) is 4.88 Å². The number of nitrogens with zero attached hydrogens (tertiary/aromatic N) is 2. The van der Waals surface area contributed by atoms with E-state index in [0.717, 1.165) is 4.88 Å². The highest BCUT2D eigenvalue weighted by Crippen LogP contribution is 2.37. The average Bonchev–Trinajstić information content (AvgIpc) is 2.86. The topological polar surface area (TPSA) is 60.6 Å². The van der Waals surface area contributed by atoms with Crippen LogP contribution >= 0.6 is 22.9 Å². The van der Waals surface area contributed by atoms with Crippen LogP contribution in [0, 0.1) is 0 Å². The summed E-state index contributed by atoms with van der Waals surface area (Å²) in [5.41, 5.74) is 0. The first-order chi connectivity index (χ1) is 7.72. The summed E-state index contributed by atoms with van der Waals surface area (Å²) < 4.78 is 10.7. The van der Waals surface area contributed by atoms with Crippen molar-refractivity contribution in [3.8, 4) is 0 Å².